The summed E-state index contributed by atoms with van der Waals surface area (Å²) >= 11 is 0. The monoisotopic (exact) mass is 201 g/mol. The van der Waals surface area contributed by atoms with E-state index in [-0.39, 0.29) is 6.42 Å². The molecule has 0 unspecified atom stereocenters. The van der Waals surface area contributed by atoms with Crippen LogP contribution in [0, 0.1) is 0 Å². The fourth-order valence-corrected chi connectivity index (χ4v) is 1.62. The van der Waals surface area contributed by atoms with E-state index >= 15 is 0 Å². The van der Waals surface area contributed by atoms with Gasteiger partial charge in [-0.2, -0.15) is 13.2 Å². The van der Waals surface area contributed by atoms with E-state index in [1.54, 1.807) is 0 Å². The third kappa shape index (κ3) is 9.89. The molecule has 0 heterocycles. The van der Waals surface area contributed by atoms with Gasteiger partial charge in [-0.1, -0.05) is 6.42 Å². The maximum absolute atomic E-state index is 11.6. The van der Waals surface area contributed by atoms with Gasteiger partial charge in [0.05, 0.1) is 0 Å². The van der Waals surface area contributed by atoms with Gasteiger partial charge >= 0.3 is 6.18 Å². The van der Waals surface area contributed by atoms with Crippen molar-refractivity contribution in [3.63, 3.8) is 0 Å². The molecular weight excluding hydrogens is 187 g/mol. The Bertz CT molecular complexity index is 115. The summed E-state index contributed by atoms with van der Waals surface area (Å²) in [6.07, 6.45) is -4.45. The molecule has 0 atom stereocenters. The number of nitrogens with two attached hydrogens (primary N) is 3. The molecule has 0 radical (unpaired) electrons. The van der Waals surface area contributed by atoms with Gasteiger partial charge in [0.25, 0.3) is 8.56 Å². The van der Waals surface area contributed by atoms with Gasteiger partial charge in [0.1, 0.15) is 0 Å². The normalized spacial score (nSPS) is 13.5. The molecule has 0 aromatic heterocycles. The quantitative estimate of drug-likeness (QED) is 0.458. The van der Waals surface area contributed by atoms with E-state index in [1.165, 1.54) is 0 Å². The van der Waals surface area contributed by atoms with Crippen molar-refractivity contribution in [1.82, 2.24) is 0 Å². The van der Waals surface area contributed by atoms with E-state index in [2.05, 4.69) is 0 Å². The van der Waals surface area contributed by atoms with E-state index in [9.17, 15) is 13.2 Å². The summed E-state index contributed by atoms with van der Waals surface area (Å²) in [5.41, 5.74) is 0. The minimum absolute atomic E-state index is 0.0594. The van der Waals surface area contributed by atoms with Crippen LogP contribution in [0.25, 0.3) is 0 Å². The standard InChI is InChI=1S/C5H14F3N3Si/c6-5(7,8)3-1-2-4-12(9,10)11/h1-4,9-11H2. The zero-order valence-electron chi connectivity index (χ0n) is 6.69. The fourth-order valence-electron chi connectivity index (χ4n) is 0.757. The molecule has 6 N–H and O–H groups in total. The van der Waals surface area contributed by atoms with Crippen LogP contribution >= 0.6 is 0 Å². The third-order valence-electron chi connectivity index (χ3n) is 1.32. The highest BCUT2D eigenvalue weighted by Crippen LogP contribution is 2.22. The molecule has 0 aromatic carbocycles. The summed E-state index contributed by atoms with van der Waals surface area (Å²) in [6.45, 7) is 0. The molecule has 3 nitrogen and oxygen atoms in total. The maximum Gasteiger partial charge on any atom is 0.389 e. The smallest absolute Gasteiger partial charge is 0.327 e. The molecule has 0 rings (SSSR count). The van der Waals surface area contributed by atoms with Crippen LogP contribution in [0.15, 0.2) is 0 Å². The highest BCUT2D eigenvalue weighted by atomic mass is 28.4. The topological polar surface area (TPSA) is 78.1 Å². The molecule has 0 spiro atoms. The van der Waals surface area contributed by atoms with Crippen molar-refractivity contribution in [2.24, 2.45) is 16.2 Å². The van der Waals surface area contributed by atoms with Crippen molar-refractivity contribution >= 4 is 8.56 Å². The third-order valence-corrected chi connectivity index (χ3v) is 2.54. The van der Waals surface area contributed by atoms with Crippen LogP contribution < -0.4 is 16.2 Å². The van der Waals surface area contributed by atoms with Crippen molar-refractivity contribution in [2.45, 2.75) is 31.5 Å². The Kier molecular flexibility index (Phi) is 4.18. The molecule has 0 bridgehead atoms. The second kappa shape index (κ2) is 4.22. The molecule has 12 heavy (non-hydrogen) atoms. The molecule has 74 valence electrons. The van der Waals surface area contributed by atoms with Gasteiger partial charge in [0.2, 0.25) is 0 Å². The largest absolute Gasteiger partial charge is 0.389 e. The van der Waals surface area contributed by atoms with Gasteiger partial charge in [0.15, 0.2) is 0 Å². The first-order valence-corrected chi connectivity index (χ1v) is 6.08. The number of unbranched alkanes of at least 4 members (excludes halogenated alkanes) is 1. The maximum atomic E-state index is 11.6. The summed E-state index contributed by atoms with van der Waals surface area (Å²) < 4.78 is 34.8. The first-order valence-electron chi connectivity index (χ1n) is 3.64. The van der Waals surface area contributed by atoms with Crippen molar-refractivity contribution in [3.8, 4) is 0 Å². The van der Waals surface area contributed by atoms with Crippen molar-refractivity contribution in [1.29, 1.82) is 0 Å². The van der Waals surface area contributed by atoms with Crippen LogP contribution in [-0.4, -0.2) is 14.7 Å². The molecule has 0 saturated carbocycles. The minimum Gasteiger partial charge on any atom is -0.327 e. The Morgan fingerprint density at radius 2 is 1.50 bits per heavy atom. The van der Waals surface area contributed by atoms with Gasteiger partial charge in [-0.05, 0) is 12.5 Å². The van der Waals surface area contributed by atoms with Crippen molar-refractivity contribution < 1.29 is 13.2 Å². The zero-order chi connectivity index (χ0) is 9.83. The van der Waals surface area contributed by atoms with Gasteiger partial charge in [0, 0.05) is 6.42 Å². The molecule has 0 aliphatic heterocycles. The van der Waals surface area contributed by atoms with Crippen LogP contribution in [0.1, 0.15) is 19.3 Å². The average Bonchev–Trinajstić information content (AvgIpc) is 1.76. The molecule has 0 aromatic rings. The second-order valence-electron chi connectivity index (χ2n) is 2.93. The van der Waals surface area contributed by atoms with Crippen LogP contribution in [0.3, 0.4) is 0 Å². The molecule has 0 amide bonds. The molecule has 0 fully saturated rings. The predicted octanol–water partition coefficient (Wildman–Crippen LogP) is 0.534. The zero-order valence-corrected chi connectivity index (χ0v) is 7.69. The van der Waals surface area contributed by atoms with Crippen molar-refractivity contribution in [2.75, 3.05) is 0 Å². The average molecular weight is 201 g/mol. The number of hydrogen-bond donors (Lipinski definition) is 3. The van der Waals surface area contributed by atoms with Crippen molar-refractivity contribution in [3.05, 3.63) is 0 Å². The Morgan fingerprint density at radius 3 is 1.83 bits per heavy atom. The lowest BCUT2D eigenvalue weighted by Crippen LogP contribution is -2.64. The Morgan fingerprint density at radius 1 is 1.00 bits per heavy atom. The lowest BCUT2D eigenvalue weighted by Gasteiger charge is -2.13. The minimum atomic E-state index is -4.08. The molecule has 7 heteroatoms. The molecule has 0 aliphatic rings. The number of alkyl halides is 3. The summed E-state index contributed by atoms with van der Waals surface area (Å²) in [7, 11) is -2.62. The summed E-state index contributed by atoms with van der Waals surface area (Å²) in [5, 5.41) is 15.9. The van der Waals surface area contributed by atoms with Crippen LogP contribution in [0.4, 0.5) is 13.2 Å². The van der Waals surface area contributed by atoms with Gasteiger partial charge in [-0.3, -0.25) is 0 Å². The Balaban J connectivity index is 3.35. The van der Waals surface area contributed by atoms with E-state index in [0.717, 1.165) is 0 Å². The van der Waals surface area contributed by atoms with E-state index in [0.29, 0.717) is 12.5 Å². The Labute approximate surface area is 70.3 Å². The second-order valence-corrected chi connectivity index (χ2v) is 5.66. The summed E-state index contributed by atoms with van der Waals surface area (Å²) in [6, 6.07) is 0.336. The lowest BCUT2D eigenvalue weighted by molar-refractivity contribution is -0.135. The molecule has 0 saturated heterocycles. The summed E-state index contributed by atoms with van der Waals surface area (Å²) in [5.74, 6) is 0. The number of halogens is 3. The van der Waals surface area contributed by atoms with Gasteiger partial charge < -0.3 is 16.2 Å². The van der Waals surface area contributed by atoms with Crippen LogP contribution in [-0.2, 0) is 0 Å². The Hall–Kier alpha value is -0.113. The fraction of sp³-hybridized carbons (Fsp3) is 1.00. The first-order chi connectivity index (χ1) is 5.21. The SMILES string of the molecule is N[Si](N)(N)CCCCC(F)(F)F. The summed E-state index contributed by atoms with van der Waals surface area (Å²) in [4.78, 5) is 0. The van der Waals surface area contributed by atoms with E-state index in [4.69, 9.17) is 16.2 Å². The molecule has 0 aliphatic carbocycles. The van der Waals surface area contributed by atoms with Crippen LogP contribution in [0.5, 0.6) is 0 Å². The first kappa shape index (κ1) is 11.9. The van der Waals surface area contributed by atoms with Crippen LogP contribution in [0.2, 0.25) is 6.04 Å². The van der Waals surface area contributed by atoms with E-state index in [1.807, 2.05) is 0 Å². The number of rotatable bonds is 4. The van der Waals surface area contributed by atoms with Gasteiger partial charge in [-0.25, -0.2) is 0 Å². The van der Waals surface area contributed by atoms with E-state index < -0.39 is 21.2 Å². The lowest BCUT2D eigenvalue weighted by atomic mass is 10.2. The number of hydrogen-bond acceptors (Lipinski definition) is 3. The predicted molar refractivity (Wildman–Crippen MR) is 43.0 cm³/mol. The highest BCUT2D eigenvalue weighted by molar-refractivity contribution is 6.70. The highest BCUT2D eigenvalue weighted by Gasteiger charge is 2.26. The molecular formula is C5H14F3N3Si. The van der Waals surface area contributed by atoms with Gasteiger partial charge in [-0.15, -0.1) is 0 Å².